The van der Waals surface area contributed by atoms with Gasteiger partial charge in [-0.3, -0.25) is 32.9 Å². The van der Waals surface area contributed by atoms with Crippen molar-refractivity contribution in [2.24, 2.45) is 11.5 Å². The molecular weight excluding hydrogens is 1290 g/mol. The molecule has 0 spiro atoms. The Morgan fingerprint density at radius 2 is 0.878 bits per heavy atom. The Morgan fingerprint density at radius 3 is 1.29 bits per heavy atom. The summed E-state index contributed by atoms with van der Waals surface area (Å²) in [7, 11) is 0. The van der Waals surface area contributed by atoms with E-state index in [9.17, 15) is 54.7 Å². The summed E-state index contributed by atoms with van der Waals surface area (Å²) in [6, 6.07) is 46.9. The number of amides is 1. The number of aromatic nitrogens is 9. The molecule has 7 aromatic heterocycles. The van der Waals surface area contributed by atoms with Crippen LogP contribution in [0.25, 0.3) is 60.7 Å². The van der Waals surface area contributed by atoms with Crippen LogP contribution in [0.4, 0.5) is 42.4 Å². The molecule has 0 saturated heterocycles. The Morgan fingerprint density at radius 1 is 0.510 bits per heavy atom. The normalized spacial score (nSPS) is 12.4. The number of rotatable bonds is 13. The summed E-state index contributed by atoms with van der Waals surface area (Å²) < 4.78 is 107. The van der Waals surface area contributed by atoms with E-state index in [0.29, 0.717) is 50.3 Å². The number of para-hydroxylation sites is 3. The fraction of sp³-hybridized carbons (Fsp3) is 0.145. The van der Waals surface area contributed by atoms with Crippen LogP contribution in [0.15, 0.2) is 215 Å². The molecule has 1 amide bonds. The van der Waals surface area contributed by atoms with E-state index < -0.39 is 66.5 Å². The molecule has 0 fully saturated rings. The van der Waals surface area contributed by atoms with E-state index in [1.165, 1.54) is 59.4 Å². The highest BCUT2D eigenvalue weighted by Crippen LogP contribution is 2.32. The predicted octanol–water partition coefficient (Wildman–Crippen LogP) is 11.2. The number of carboxylic acid groups (broad SMARTS) is 1. The number of aromatic carboxylic acids is 1. The molecule has 3 atom stereocenters. The number of halogens is 7. The zero-order valence-electron chi connectivity index (χ0n) is 52.0. The van der Waals surface area contributed by atoms with Gasteiger partial charge in [-0.25, -0.2) is 28.2 Å². The monoisotopic (exact) mass is 1340 g/mol. The summed E-state index contributed by atoms with van der Waals surface area (Å²) in [6.07, 6.45) is -2.88. The minimum atomic E-state index is -4.58. The first-order chi connectivity index (χ1) is 46.7. The van der Waals surface area contributed by atoms with Crippen LogP contribution in [0.5, 0.6) is 11.5 Å². The number of fused-ring (bicyclic) bond motifs is 5. The van der Waals surface area contributed by atoms with Gasteiger partial charge in [0.2, 0.25) is 0 Å². The zero-order valence-corrected chi connectivity index (χ0v) is 52.0. The van der Waals surface area contributed by atoms with Crippen molar-refractivity contribution < 1.29 is 54.9 Å². The van der Waals surface area contributed by atoms with Gasteiger partial charge in [-0.15, -0.1) is 10.2 Å². The smallest absolute Gasteiger partial charge is 0.422 e. The predicted molar refractivity (Wildman–Crippen MR) is 355 cm³/mol. The average Bonchev–Trinajstić information content (AvgIpc) is 1.17. The largest absolute Gasteiger partial charge is 0.483 e. The molecule has 7 heterocycles. The summed E-state index contributed by atoms with van der Waals surface area (Å²) in [6.45, 7) is 2.22. The second-order valence-corrected chi connectivity index (χ2v) is 22.0. The van der Waals surface area contributed by atoms with Gasteiger partial charge in [0.25, 0.3) is 22.6 Å². The van der Waals surface area contributed by atoms with Crippen LogP contribution in [0.3, 0.4) is 0 Å². The molecule has 0 saturated carbocycles. The number of nitrogen functional groups attached to an aromatic ring is 2. The van der Waals surface area contributed by atoms with E-state index in [2.05, 4.69) is 25.5 Å². The van der Waals surface area contributed by atoms with Crippen molar-refractivity contribution in [2.75, 3.05) is 24.7 Å². The van der Waals surface area contributed by atoms with Crippen LogP contribution >= 0.6 is 0 Å². The van der Waals surface area contributed by atoms with Crippen molar-refractivity contribution >= 4 is 67.1 Å². The number of nitrogens with two attached hydrogens (primary N) is 4. The molecule has 29 heteroatoms. The van der Waals surface area contributed by atoms with E-state index in [1.54, 1.807) is 167 Å². The number of benzene rings is 6. The standard InChI is InChI=1S/C26H21F3N6O3.C19H17F3N2O2.C17H15FN2O.C7H6N4O2/c1-15(32-24(36)21-22(30)33-34-12-6-11-31-23(21)34)18-13-16-7-5-10-19(38-14-26(27,28)29)20(16)25(37)35(18)17-8-3-2-4-9-17;1-12(23)15-10-13-6-5-9-16(26-11-19(20,21)22)17(13)18(25)24(15)14-7-3-2-4-8-14;1-11(19)15-10-12-6-5-9-14(18)16(12)17(21)20(15)13-7-3-2-4-8-13;8-5-4(7(12)13)6-9-2-1-3-11(6)10-5/h2-13,15H,14H2,1H3,(H2,30,33)(H,32,36);2-10,12H,11,23H2,1H3;2-11H,19H2,1H3;1-3H,(H2,8,10)(H,12,13)/t15-;12-;11-;/m000./s1. The molecule has 10 N–H and O–H groups in total. The summed E-state index contributed by atoms with van der Waals surface area (Å²) >= 11 is 0. The van der Waals surface area contributed by atoms with Gasteiger partial charge in [0.15, 0.2) is 36.1 Å². The second-order valence-electron chi connectivity index (χ2n) is 22.0. The van der Waals surface area contributed by atoms with Gasteiger partial charge in [-0.2, -0.15) is 26.3 Å². The van der Waals surface area contributed by atoms with Crippen molar-refractivity contribution in [3.63, 3.8) is 0 Å². The first-order valence-electron chi connectivity index (χ1n) is 29.7. The van der Waals surface area contributed by atoms with Gasteiger partial charge >= 0.3 is 18.3 Å². The SMILES string of the molecule is C[C@H](N)c1cc2cccc(F)c2c(=O)n1-c1ccccc1.C[C@H](N)c1cc2cccc(OCC(F)(F)F)c2c(=O)n1-c1ccccc1.C[C@H](NC(=O)c1c(N)nn2cccnc12)c1cc2cccc(OCC(F)(F)F)c2c(=O)n1-c1ccccc1.Nc1nn2cccnc2c1C(=O)O. The van der Waals surface area contributed by atoms with Gasteiger partial charge < -0.3 is 42.8 Å². The van der Waals surface area contributed by atoms with E-state index in [1.807, 2.05) is 18.2 Å². The van der Waals surface area contributed by atoms with Crippen molar-refractivity contribution in [1.29, 1.82) is 0 Å². The van der Waals surface area contributed by atoms with Crippen molar-refractivity contribution in [2.45, 2.75) is 51.2 Å². The van der Waals surface area contributed by atoms with Gasteiger partial charge in [-0.05, 0) is 122 Å². The molecule has 0 radical (unpaired) electrons. The second kappa shape index (κ2) is 28.8. The van der Waals surface area contributed by atoms with Crippen LogP contribution in [0.2, 0.25) is 0 Å². The molecule has 0 aliphatic heterocycles. The number of anilines is 2. The van der Waals surface area contributed by atoms with Crippen molar-refractivity contribution in [1.82, 2.24) is 48.2 Å². The highest BCUT2D eigenvalue weighted by atomic mass is 19.4. The number of alkyl halides is 6. The number of nitrogens with zero attached hydrogens (tertiary/aromatic N) is 9. The third-order valence-electron chi connectivity index (χ3n) is 14.9. The van der Waals surface area contributed by atoms with E-state index >= 15 is 0 Å². The highest BCUT2D eigenvalue weighted by molar-refractivity contribution is 6.04. The number of ether oxygens (including phenoxy) is 2. The molecule has 0 aliphatic rings. The number of nitrogens with one attached hydrogen (secondary N) is 1. The van der Waals surface area contributed by atoms with Crippen molar-refractivity contribution in [3.8, 4) is 28.6 Å². The lowest BCUT2D eigenvalue weighted by atomic mass is 10.1. The molecule has 0 unspecified atom stereocenters. The van der Waals surface area contributed by atoms with E-state index in [0.717, 1.165) is 0 Å². The molecular formula is C69H59F7N14O8. The molecule has 98 heavy (non-hydrogen) atoms. The van der Waals surface area contributed by atoms with Crippen LogP contribution < -0.4 is 54.4 Å². The van der Waals surface area contributed by atoms with Gasteiger partial charge in [0.05, 0.1) is 22.2 Å². The fourth-order valence-corrected chi connectivity index (χ4v) is 10.7. The average molecular weight is 1350 g/mol. The van der Waals surface area contributed by atoms with Gasteiger partial charge in [0, 0.05) is 71.0 Å². The molecule has 502 valence electrons. The van der Waals surface area contributed by atoms with Gasteiger partial charge in [0.1, 0.15) is 28.4 Å². The maximum absolute atomic E-state index is 14.0. The summed E-state index contributed by atoms with van der Waals surface area (Å²) in [5.74, 6) is -2.53. The van der Waals surface area contributed by atoms with Crippen molar-refractivity contribution in [3.05, 3.63) is 266 Å². The lowest BCUT2D eigenvalue weighted by Gasteiger charge is -2.21. The lowest BCUT2D eigenvalue weighted by Crippen LogP contribution is -2.32. The number of carboxylic acids is 1. The van der Waals surface area contributed by atoms with Crippen LogP contribution in [0.1, 0.15) is 76.7 Å². The number of hydrogen-bond acceptors (Lipinski definition) is 15. The Hall–Kier alpha value is -12.2. The maximum atomic E-state index is 14.0. The first-order valence-corrected chi connectivity index (χ1v) is 29.7. The van der Waals surface area contributed by atoms with E-state index in [4.69, 9.17) is 37.5 Å². The Labute approximate surface area is 550 Å². The van der Waals surface area contributed by atoms with Crippen LogP contribution in [-0.4, -0.2) is 85.4 Å². The molecule has 0 bridgehead atoms. The summed E-state index contributed by atoms with van der Waals surface area (Å²) in [5, 5.41) is 21.1. The molecule has 0 aliphatic carbocycles. The van der Waals surface area contributed by atoms with Gasteiger partial charge in [-0.1, -0.05) is 91.0 Å². The number of pyridine rings is 3. The molecule has 6 aromatic carbocycles. The topological polar surface area (TPSA) is 315 Å². The summed E-state index contributed by atoms with van der Waals surface area (Å²) in [4.78, 5) is 71.7. The zero-order chi connectivity index (χ0) is 70.3. The first kappa shape index (κ1) is 68.6. The minimum Gasteiger partial charge on any atom is -0.483 e. The quantitative estimate of drug-likeness (QED) is 0.0584. The minimum absolute atomic E-state index is 0.0149. The fourth-order valence-electron chi connectivity index (χ4n) is 10.7. The van der Waals surface area contributed by atoms with Crippen LogP contribution in [0, 0.1) is 5.82 Å². The molecule has 13 aromatic rings. The lowest BCUT2D eigenvalue weighted by molar-refractivity contribution is -0.153. The highest BCUT2D eigenvalue weighted by Gasteiger charge is 2.31. The molecule has 22 nitrogen and oxygen atoms in total. The third-order valence-corrected chi connectivity index (χ3v) is 14.9. The maximum Gasteiger partial charge on any atom is 0.422 e. The number of carbonyl (C=O) groups excluding carboxylic acids is 1. The van der Waals surface area contributed by atoms with E-state index in [-0.39, 0.29) is 73.3 Å². The summed E-state index contributed by atoms with van der Waals surface area (Å²) in [5.41, 5.74) is 25.8. The number of hydrogen-bond donors (Lipinski definition) is 6. The Kier molecular flexibility index (Phi) is 20.1. The number of carbonyl (C=O) groups is 2. The Bertz CT molecular complexity index is 5280. The Balaban J connectivity index is 0.000000151. The van der Waals surface area contributed by atoms with Crippen LogP contribution in [-0.2, 0) is 0 Å². The third kappa shape index (κ3) is 15.0. The molecule has 13 rings (SSSR count).